The first-order chi connectivity index (χ1) is 12.9. The van der Waals surface area contributed by atoms with Crippen LogP contribution in [0.2, 0.25) is 0 Å². The maximum atomic E-state index is 13.5. The fourth-order valence-corrected chi connectivity index (χ4v) is 4.51. The van der Waals surface area contributed by atoms with E-state index in [2.05, 4.69) is 35.0 Å². The molecule has 27 heavy (non-hydrogen) atoms. The van der Waals surface area contributed by atoms with Gasteiger partial charge in [0.1, 0.15) is 17.2 Å². The van der Waals surface area contributed by atoms with Gasteiger partial charge in [0.25, 0.3) is 5.91 Å². The fourth-order valence-electron chi connectivity index (χ4n) is 3.74. The highest BCUT2D eigenvalue weighted by molar-refractivity contribution is 7.17. The summed E-state index contributed by atoms with van der Waals surface area (Å²) in [6.07, 6.45) is 1.93. The molecule has 5 heteroatoms. The number of ether oxygens (including phenoxy) is 1. The van der Waals surface area contributed by atoms with Gasteiger partial charge in [-0.05, 0) is 72.7 Å². The normalized spacial score (nSPS) is 20.4. The number of nitrogens with one attached hydrogen (secondary N) is 1. The molecule has 1 N–H and O–H groups in total. The Morgan fingerprint density at radius 1 is 1.11 bits per heavy atom. The minimum Gasteiger partial charge on any atom is -0.482 e. The van der Waals surface area contributed by atoms with E-state index in [4.69, 9.17) is 4.74 Å². The molecule has 5 rings (SSSR count). The molecule has 1 amide bonds. The van der Waals surface area contributed by atoms with Crippen molar-refractivity contribution in [3.63, 3.8) is 0 Å². The molecule has 0 saturated carbocycles. The Balaban J connectivity index is 1.67. The fraction of sp³-hybridized carbons (Fsp3) is 0.136. The largest absolute Gasteiger partial charge is 0.482 e. The van der Waals surface area contributed by atoms with Crippen LogP contribution in [-0.4, -0.2) is 11.5 Å². The van der Waals surface area contributed by atoms with Crippen molar-refractivity contribution in [2.75, 3.05) is 5.32 Å². The maximum Gasteiger partial charge on any atom is 0.260 e. The third kappa shape index (κ3) is 2.50. The summed E-state index contributed by atoms with van der Waals surface area (Å²) in [6.45, 7) is 3.98. The first kappa shape index (κ1) is 16.3. The van der Waals surface area contributed by atoms with Crippen LogP contribution in [0.4, 0.5) is 10.1 Å². The zero-order valence-corrected chi connectivity index (χ0v) is 15.6. The van der Waals surface area contributed by atoms with Gasteiger partial charge in [0.05, 0.1) is 11.3 Å². The van der Waals surface area contributed by atoms with Crippen molar-refractivity contribution in [1.29, 1.82) is 0 Å². The lowest BCUT2D eigenvalue weighted by molar-refractivity contribution is -0.111. The Kier molecular flexibility index (Phi) is 3.34. The summed E-state index contributed by atoms with van der Waals surface area (Å²) in [7, 11) is 0. The van der Waals surface area contributed by atoms with Gasteiger partial charge < -0.3 is 10.1 Å². The average Bonchev–Trinajstić information content (AvgIpc) is 3.28. The van der Waals surface area contributed by atoms with Crippen LogP contribution in [0, 0.1) is 5.82 Å². The van der Waals surface area contributed by atoms with Gasteiger partial charge in [-0.2, -0.15) is 0 Å². The third-order valence-corrected chi connectivity index (χ3v) is 5.92. The van der Waals surface area contributed by atoms with Gasteiger partial charge in [-0.3, -0.25) is 4.79 Å². The van der Waals surface area contributed by atoms with Crippen LogP contribution in [0.15, 0.2) is 59.7 Å². The summed E-state index contributed by atoms with van der Waals surface area (Å²) in [5, 5.41) is 5.99. The molecule has 0 unspecified atom stereocenters. The Hall–Kier alpha value is -2.92. The number of thiophene rings is 1. The predicted octanol–water partition coefficient (Wildman–Crippen LogP) is 5.60. The second kappa shape index (κ2) is 5.54. The zero-order chi connectivity index (χ0) is 18.8. The highest BCUT2D eigenvalue weighted by Gasteiger charge is 2.38. The second-order valence-corrected chi connectivity index (χ2v) is 8.17. The highest BCUT2D eigenvalue weighted by atomic mass is 32.1. The summed E-state index contributed by atoms with van der Waals surface area (Å²) in [5.74, 6) is -0.135. The lowest BCUT2D eigenvalue weighted by atomic mass is 9.91. The topological polar surface area (TPSA) is 38.3 Å². The molecule has 134 valence electrons. The van der Waals surface area contributed by atoms with Crippen molar-refractivity contribution in [2.24, 2.45) is 0 Å². The van der Waals surface area contributed by atoms with E-state index in [1.165, 1.54) is 22.2 Å². The van der Waals surface area contributed by atoms with E-state index in [9.17, 15) is 9.18 Å². The number of carbonyl (C=O) groups is 1. The number of halogens is 1. The van der Waals surface area contributed by atoms with Gasteiger partial charge in [0.2, 0.25) is 0 Å². The van der Waals surface area contributed by atoms with Gasteiger partial charge in [0, 0.05) is 15.8 Å². The molecule has 0 aliphatic carbocycles. The molecule has 0 saturated heterocycles. The summed E-state index contributed by atoms with van der Waals surface area (Å²) < 4.78 is 20.9. The lowest BCUT2D eigenvalue weighted by Gasteiger charge is -2.23. The average molecular weight is 377 g/mol. The van der Waals surface area contributed by atoms with Crippen molar-refractivity contribution in [2.45, 2.75) is 19.4 Å². The number of hydrogen-bond donors (Lipinski definition) is 1. The Labute approximate surface area is 159 Å². The number of hydrogen-bond acceptors (Lipinski definition) is 3. The number of anilines is 1. The van der Waals surface area contributed by atoms with Gasteiger partial charge in [0.15, 0.2) is 0 Å². The number of fused-ring (bicyclic) bond motifs is 2. The van der Waals surface area contributed by atoms with Gasteiger partial charge in [-0.1, -0.05) is 6.07 Å². The summed E-state index contributed by atoms with van der Waals surface area (Å²) in [4.78, 5) is 12.5. The minimum absolute atomic E-state index is 0.271. The summed E-state index contributed by atoms with van der Waals surface area (Å²) in [5.41, 5.74) is 3.10. The van der Waals surface area contributed by atoms with Crippen LogP contribution in [0.1, 0.15) is 25.0 Å². The van der Waals surface area contributed by atoms with Gasteiger partial charge >= 0.3 is 0 Å². The van der Waals surface area contributed by atoms with E-state index in [0.29, 0.717) is 22.6 Å². The molecule has 2 aliphatic rings. The maximum absolute atomic E-state index is 13.5. The predicted molar refractivity (Wildman–Crippen MR) is 107 cm³/mol. The number of carbonyl (C=O) groups excluding carboxylic acids is 1. The molecule has 0 bridgehead atoms. The van der Waals surface area contributed by atoms with Crippen LogP contribution < -0.4 is 5.32 Å². The third-order valence-electron chi connectivity index (χ3n) is 5.03. The molecule has 0 fully saturated rings. The quantitative estimate of drug-likeness (QED) is 0.561. The molecule has 0 radical (unpaired) electrons. The van der Waals surface area contributed by atoms with E-state index in [1.54, 1.807) is 17.4 Å². The van der Waals surface area contributed by atoms with Crippen molar-refractivity contribution in [1.82, 2.24) is 0 Å². The Morgan fingerprint density at radius 2 is 1.96 bits per heavy atom. The molecule has 2 aliphatic heterocycles. The van der Waals surface area contributed by atoms with Crippen LogP contribution in [0.5, 0.6) is 0 Å². The molecule has 3 heterocycles. The monoisotopic (exact) mass is 377 g/mol. The molecule has 1 aromatic heterocycles. The molecule has 2 aromatic carbocycles. The SMILES string of the molecule is CC1(C)OC(=C2C(=O)Nc3cc(F)ccc32)C=C1c1ccc2sccc2c1. The lowest BCUT2D eigenvalue weighted by Crippen LogP contribution is -2.21. The van der Waals surface area contributed by atoms with Gasteiger partial charge in [-0.25, -0.2) is 4.39 Å². The van der Waals surface area contributed by atoms with E-state index in [-0.39, 0.29) is 11.7 Å². The van der Waals surface area contributed by atoms with Crippen LogP contribution >= 0.6 is 11.3 Å². The smallest absolute Gasteiger partial charge is 0.260 e. The standard InChI is InChI=1S/C22H16FNO2S/c1-22(2)16(12-3-6-19-13(9-12)7-8-27-19)11-18(26-22)20-15-5-4-14(23)10-17(15)24-21(20)25/h3-11H,1-2H3,(H,24,25). The van der Waals surface area contributed by atoms with Gasteiger partial charge in [-0.15, -0.1) is 11.3 Å². The van der Waals surface area contributed by atoms with Crippen molar-refractivity contribution in [3.8, 4) is 0 Å². The van der Waals surface area contributed by atoms with E-state index >= 15 is 0 Å². The van der Waals surface area contributed by atoms with E-state index in [1.807, 2.05) is 19.9 Å². The number of allylic oxidation sites excluding steroid dienone is 1. The van der Waals surface area contributed by atoms with Crippen molar-refractivity contribution in [3.05, 3.63) is 76.6 Å². The van der Waals surface area contributed by atoms with Crippen LogP contribution in [0.25, 0.3) is 21.2 Å². The first-order valence-electron chi connectivity index (χ1n) is 8.67. The highest BCUT2D eigenvalue weighted by Crippen LogP contribution is 2.45. The molecule has 3 nitrogen and oxygen atoms in total. The minimum atomic E-state index is -0.574. The molecule has 0 spiro atoms. The van der Waals surface area contributed by atoms with Crippen molar-refractivity contribution >= 4 is 44.2 Å². The molecule has 0 atom stereocenters. The molecule has 3 aromatic rings. The van der Waals surface area contributed by atoms with Crippen molar-refractivity contribution < 1.29 is 13.9 Å². The van der Waals surface area contributed by atoms with Crippen LogP contribution in [0.3, 0.4) is 0 Å². The number of rotatable bonds is 1. The summed E-state index contributed by atoms with van der Waals surface area (Å²) in [6, 6.07) is 12.7. The molecular formula is C22H16FNO2S. The number of amides is 1. The van der Waals surface area contributed by atoms with E-state index in [0.717, 1.165) is 11.1 Å². The molecular weight excluding hydrogens is 361 g/mol. The van der Waals surface area contributed by atoms with Crippen LogP contribution in [-0.2, 0) is 9.53 Å². The summed E-state index contributed by atoms with van der Waals surface area (Å²) >= 11 is 1.71. The second-order valence-electron chi connectivity index (χ2n) is 7.23. The van der Waals surface area contributed by atoms with E-state index < -0.39 is 5.60 Å². The first-order valence-corrected chi connectivity index (χ1v) is 9.55. The number of benzene rings is 2. The Morgan fingerprint density at radius 3 is 2.81 bits per heavy atom. The Bertz CT molecular complexity index is 1190. The zero-order valence-electron chi connectivity index (χ0n) is 14.8.